The molecule has 50 valence electrons. The Morgan fingerprint density at radius 2 is 2.10 bits per heavy atom. The Hall–Kier alpha value is -1.03. The maximum atomic E-state index is 4.16. The number of rotatable bonds is 0. The van der Waals surface area contributed by atoms with Crippen molar-refractivity contribution in [2.45, 2.75) is 6.92 Å². The van der Waals surface area contributed by atoms with Crippen LogP contribution in [-0.2, 0) is 0 Å². The van der Waals surface area contributed by atoms with Crippen molar-refractivity contribution in [2.24, 2.45) is 0 Å². The molecule has 0 saturated carbocycles. The van der Waals surface area contributed by atoms with Crippen molar-refractivity contribution < 1.29 is 0 Å². The molecule has 0 unspecified atom stereocenters. The van der Waals surface area contributed by atoms with E-state index in [4.69, 9.17) is 0 Å². The van der Waals surface area contributed by atoms with Crippen molar-refractivity contribution in [1.82, 2.24) is 15.0 Å². The average Bonchev–Trinajstić information content (AvgIpc) is 2.27. The van der Waals surface area contributed by atoms with Gasteiger partial charge in [-0.2, -0.15) is 0 Å². The highest BCUT2D eigenvalue weighted by atomic mass is 32.1. The number of aryl methyl sites for hydroxylation is 1. The number of thiazole rings is 1. The number of hydrogen-bond donors (Lipinski definition) is 0. The van der Waals surface area contributed by atoms with E-state index in [1.807, 2.05) is 6.92 Å². The lowest BCUT2D eigenvalue weighted by atomic mass is 10.7. The summed E-state index contributed by atoms with van der Waals surface area (Å²) in [5.41, 5.74) is 0.755. The van der Waals surface area contributed by atoms with E-state index in [0.717, 1.165) is 15.5 Å². The van der Waals surface area contributed by atoms with Crippen LogP contribution in [0.25, 0.3) is 10.5 Å². The summed E-state index contributed by atoms with van der Waals surface area (Å²) in [6, 6.07) is 0. The molecule has 0 N–H and O–H groups in total. The molecule has 2 heterocycles. The van der Waals surface area contributed by atoms with Gasteiger partial charge in [0.25, 0.3) is 0 Å². The molecular weight excluding hydrogens is 146 g/mol. The fourth-order valence-corrected chi connectivity index (χ4v) is 1.49. The van der Waals surface area contributed by atoms with E-state index in [1.54, 1.807) is 23.7 Å². The fraction of sp³-hybridized carbons (Fsp3) is 0.167. The van der Waals surface area contributed by atoms with Crippen LogP contribution in [0.3, 0.4) is 0 Å². The summed E-state index contributed by atoms with van der Waals surface area (Å²) in [4.78, 5) is 13.2. The van der Waals surface area contributed by atoms with Gasteiger partial charge in [0.2, 0.25) is 0 Å². The number of aromatic nitrogens is 3. The third-order valence-corrected chi connectivity index (χ3v) is 2.02. The van der Waals surface area contributed by atoms with Gasteiger partial charge in [-0.3, -0.25) is 0 Å². The Kier molecular flexibility index (Phi) is 1.14. The first-order chi connectivity index (χ1) is 4.86. The van der Waals surface area contributed by atoms with Crippen molar-refractivity contribution in [3.63, 3.8) is 0 Å². The second-order valence-electron chi connectivity index (χ2n) is 1.92. The zero-order valence-electron chi connectivity index (χ0n) is 5.40. The predicted molar refractivity (Wildman–Crippen MR) is 39.9 cm³/mol. The molecule has 2 rings (SSSR count). The first kappa shape index (κ1) is 5.73. The van der Waals surface area contributed by atoms with E-state index >= 15 is 0 Å². The Morgan fingerprint density at radius 3 is 2.90 bits per heavy atom. The predicted octanol–water partition coefficient (Wildman–Crippen LogP) is 1.39. The van der Waals surface area contributed by atoms with Crippen LogP contribution < -0.4 is 0 Å². The van der Waals surface area contributed by atoms with Crippen molar-refractivity contribution in [3.8, 4) is 0 Å². The first-order valence-electron chi connectivity index (χ1n) is 2.90. The Labute approximate surface area is 61.8 Å². The lowest BCUT2D eigenvalue weighted by molar-refractivity contribution is 1.23. The molecule has 4 heteroatoms. The van der Waals surface area contributed by atoms with Crippen LogP contribution in [0.5, 0.6) is 0 Å². The Balaban J connectivity index is 2.88. The van der Waals surface area contributed by atoms with Gasteiger partial charge in [-0.15, -0.1) is 0 Å². The first-order valence-corrected chi connectivity index (χ1v) is 3.72. The van der Waals surface area contributed by atoms with Gasteiger partial charge >= 0.3 is 0 Å². The van der Waals surface area contributed by atoms with E-state index in [2.05, 4.69) is 15.0 Å². The Bertz CT molecular complexity index is 322. The second-order valence-corrected chi connectivity index (χ2v) is 3.10. The van der Waals surface area contributed by atoms with Gasteiger partial charge in [-0.05, 0) is 6.92 Å². The Morgan fingerprint density at radius 1 is 1.30 bits per heavy atom. The molecule has 0 aliphatic carbocycles. The SMILES string of the molecule is Cc1nc2nccnc2s1. The van der Waals surface area contributed by atoms with Crippen molar-refractivity contribution in [3.05, 3.63) is 17.4 Å². The van der Waals surface area contributed by atoms with Crippen molar-refractivity contribution >= 4 is 21.8 Å². The van der Waals surface area contributed by atoms with Crippen LogP contribution in [0.15, 0.2) is 12.4 Å². The van der Waals surface area contributed by atoms with Crippen LogP contribution in [0.4, 0.5) is 0 Å². The molecule has 0 saturated heterocycles. The summed E-state index contributed by atoms with van der Waals surface area (Å²) in [7, 11) is 0. The van der Waals surface area contributed by atoms with Gasteiger partial charge in [0.15, 0.2) is 10.5 Å². The normalized spacial score (nSPS) is 10.5. The van der Waals surface area contributed by atoms with Crippen molar-refractivity contribution in [2.75, 3.05) is 0 Å². The van der Waals surface area contributed by atoms with Gasteiger partial charge in [0.1, 0.15) is 0 Å². The van der Waals surface area contributed by atoms with Crippen LogP contribution in [0.2, 0.25) is 0 Å². The summed E-state index contributed by atoms with van der Waals surface area (Å²) in [5.74, 6) is 0. The maximum absolute atomic E-state index is 4.16. The van der Waals surface area contributed by atoms with Crippen LogP contribution in [0, 0.1) is 6.92 Å². The topological polar surface area (TPSA) is 38.7 Å². The van der Waals surface area contributed by atoms with E-state index in [9.17, 15) is 0 Å². The third-order valence-electron chi connectivity index (χ3n) is 1.15. The van der Waals surface area contributed by atoms with E-state index in [0.29, 0.717) is 0 Å². The number of fused-ring (bicyclic) bond motifs is 1. The molecule has 0 atom stereocenters. The maximum Gasteiger partial charge on any atom is 0.189 e. The lowest BCUT2D eigenvalue weighted by Gasteiger charge is -1.79. The summed E-state index contributed by atoms with van der Waals surface area (Å²) >= 11 is 1.57. The number of nitrogens with zero attached hydrogens (tertiary/aromatic N) is 3. The molecule has 10 heavy (non-hydrogen) atoms. The van der Waals surface area contributed by atoms with Crippen LogP contribution >= 0.6 is 11.3 Å². The van der Waals surface area contributed by atoms with Gasteiger partial charge < -0.3 is 0 Å². The average molecular weight is 151 g/mol. The zero-order valence-corrected chi connectivity index (χ0v) is 6.22. The molecule has 3 nitrogen and oxygen atoms in total. The quantitative estimate of drug-likeness (QED) is 0.571. The molecule has 2 aromatic heterocycles. The lowest BCUT2D eigenvalue weighted by Crippen LogP contribution is -1.76. The minimum Gasteiger partial charge on any atom is -0.240 e. The molecule has 0 aromatic carbocycles. The molecule has 0 aliphatic heterocycles. The largest absolute Gasteiger partial charge is 0.240 e. The van der Waals surface area contributed by atoms with Gasteiger partial charge in [-0.25, -0.2) is 15.0 Å². The van der Waals surface area contributed by atoms with Crippen LogP contribution in [0.1, 0.15) is 5.01 Å². The third kappa shape index (κ3) is 0.769. The molecule has 0 spiro atoms. The molecule has 0 aliphatic rings. The smallest absolute Gasteiger partial charge is 0.189 e. The summed E-state index contributed by atoms with van der Waals surface area (Å²) < 4.78 is 0. The standard InChI is InChI=1S/C6H5N3S/c1-4-9-5-6(10-4)8-3-2-7-5/h2-3H,1H3. The molecule has 0 bridgehead atoms. The zero-order chi connectivity index (χ0) is 6.97. The molecule has 0 fully saturated rings. The van der Waals surface area contributed by atoms with Crippen molar-refractivity contribution in [1.29, 1.82) is 0 Å². The van der Waals surface area contributed by atoms with E-state index in [-0.39, 0.29) is 0 Å². The number of hydrogen-bond acceptors (Lipinski definition) is 4. The second kappa shape index (κ2) is 1.98. The monoisotopic (exact) mass is 151 g/mol. The van der Waals surface area contributed by atoms with E-state index in [1.165, 1.54) is 0 Å². The highest BCUT2D eigenvalue weighted by Gasteiger charge is 1.98. The minimum absolute atomic E-state index is 0.755. The van der Waals surface area contributed by atoms with E-state index < -0.39 is 0 Å². The molecule has 0 radical (unpaired) electrons. The molecular formula is C6H5N3S. The summed E-state index contributed by atoms with van der Waals surface area (Å²) in [6.45, 7) is 1.95. The van der Waals surface area contributed by atoms with Crippen LogP contribution in [-0.4, -0.2) is 15.0 Å². The van der Waals surface area contributed by atoms with Gasteiger partial charge in [0, 0.05) is 12.4 Å². The molecule has 0 amide bonds. The van der Waals surface area contributed by atoms with Gasteiger partial charge in [-0.1, -0.05) is 11.3 Å². The highest BCUT2D eigenvalue weighted by Crippen LogP contribution is 2.15. The minimum atomic E-state index is 0.755. The summed E-state index contributed by atoms with van der Waals surface area (Å²) in [6.07, 6.45) is 3.33. The summed E-state index contributed by atoms with van der Waals surface area (Å²) in [5, 5.41) is 1.02. The van der Waals surface area contributed by atoms with Gasteiger partial charge in [0.05, 0.1) is 5.01 Å². The fourth-order valence-electron chi connectivity index (χ4n) is 0.778. The molecule has 2 aromatic rings. The highest BCUT2D eigenvalue weighted by molar-refractivity contribution is 7.18.